The Kier molecular flexibility index (Phi) is 7.77. The van der Waals surface area contributed by atoms with Gasteiger partial charge in [0.15, 0.2) is 5.78 Å². The van der Waals surface area contributed by atoms with E-state index in [1.54, 1.807) is 54.7 Å². The van der Waals surface area contributed by atoms with Crippen LogP contribution in [0.25, 0.3) is 5.57 Å². The molecule has 43 heavy (non-hydrogen) atoms. The Bertz CT molecular complexity index is 1740. The van der Waals surface area contributed by atoms with Crippen molar-refractivity contribution < 1.29 is 14.4 Å². The number of benzene rings is 4. The maximum atomic E-state index is 13.4. The minimum atomic E-state index is -0.243. The van der Waals surface area contributed by atoms with Gasteiger partial charge in [-0.25, -0.2) is 0 Å². The number of aryl methyl sites for hydroxylation is 1. The van der Waals surface area contributed by atoms with Gasteiger partial charge >= 0.3 is 0 Å². The number of likely N-dealkylation sites (N-methyl/N-ethyl adjacent to an activating group) is 1. The van der Waals surface area contributed by atoms with Crippen LogP contribution in [0.2, 0.25) is 0 Å². The van der Waals surface area contributed by atoms with Gasteiger partial charge in [-0.1, -0.05) is 42.0 Å². The van der Waals surface area contributed by atoms with E-state index in [1.165, 1.54) is 5.69 Å². The zero-order valence-corrected chi connectivity index (χ0v) is 24.2. The third-order valence-corrected chi connectivity index (χ3v) is 7.85. The molecule has 216 valence electrons. The van der Waals surface area contributed by atoms with Gasteiger partial charge in [0.1, 0.15) is 0 Å². The summed E-state index contributed by atoms with van der Waals surface area (Å²) in [6.45, 7) is 6.04. The SMILES string of the molecule is Cc1cccc(C(=O)Nc2cccc(C(=O)c3ccc4c(c3)NC(=O)C4=CNc3ccc(N4CCN(C)CC4)cc3)c2)c1. The van der Waals surface area contributed by atoms with Crippen molar-refractivity contribution in [2.75, 3.05) is 54.1 Å². The Labute approximate surface area is 251 Å². The number of nitrogens with zero attached hydrogens (tertiary/aromatic N) is 2. The lowest BCUT2D eigenvalue weighted by atomic mass is 9.99. The first-order valence-electron chi connectivity index (χ1n) is 14.3. The van der Waals surface area contributed by atoms with E-state index in [9.17, 15) is 14.4 Å². The number of nitrogens with one attached hydrogen (secondary N) is 3. The fraction of sp³-hybridized carbons (Fsp3) is 0.171. The lowest BCUT2D eigenvalue weighted by Gasteiger charge is -2.34. The summed E-state index contributed by atoms with van der Waals surface area (Å²) < 4.78 is 0. The zero-order chi connectivity index (χ0) is 29.9. The molecule has 4 aromatic carbocycles. The minimum Gasteiger partial charge on any atom is -0.369 e. The van der Waals surface area contributed by atoms with Gasteiger partial charge in [0, 0.05) is 77.4 Å². The van der Waals surface area contributed by atoms with Gasteiger partial charge in [-0.15, -0.1) is 0 Å². The number of amides is 2. The van der Waals surface area contributed by atoms with Gasteiger partial charge in [-0.05, 0) is 68.6 Å². The van der Waals surface area contributed by atoms with Gasteiger partial charge in [0.2, 0.25) is 0 Å². The van der Waals surface area contributed by atoms with Crippen molar-refractivity contribution in [1.29, 1.82) is 0 Å². The predicted octanol–water partition coefficient (Wildman–Crippen LogP) is 5.64. The summed E-state index contributed by atoms with van der Waals surface area (Å²) in [5.41, 5.74) is 6.81. The van der Waals surface area contributed by atoms with Crippen molar-refractivity contribution in [3.05, 3.63) is 125 Å². The van der Waals surface area contributed by atoms with Gasteiger partial charge < -0.3 is 25.8 Å². The van der Waals surface area contributed by atoms with Gasteiger partial charge in [-0.3, -0.25) is 14.4 Å². The maximum Gasteiger partial charge on any atom is 0.257 e. The number of fused-ring (bicyclic) bond motifs is 1. The molecule has 1 saturated heterocycles. The van der Waals surface area contributed by atoms with E-state index in [-0.39, 0.29) is 17.6 Å². The molecule has 0 aliphatic carbocycles. The van der Waals surface area contributed by atoms with E-state index in [0.717, 1.165) is 43.0 Å². The summed E-state index contributed by atoms with van der Waals surface area (Å²) in [4.78, 5) is 43.6. The van der Waals surface area contributed by atoms with Gasteiger partial charge in [-0.2, -0.15) is 0 Å². The fourth-order valence-electron chi connectivity index (χ4n) is 5.36. The average molecular weight is 572 g/mol. The summed E-state index contributed by atoms with van der Waals surface area (Å²) in [5, 5.41) is 8.99. The summed E-state index contributed by atoms with van der Waals surface area (Å²) in [7, 11) is 2.14. The number of carbonyl (C=O) groups excluding carboxylic acids is 3. The number of carbonyl (C=O) groups is 3. The lowest BCUT2D eigenvalue weighted by Crippen LogP contribution is -2.44. The predicted molar refractivity (Wildman–Crippen MR) is 172 cm³/mol. The molecule has 2 amide bonds. The Hall–Kier alpha value is -5.21. The van der Waals surface area contributed by atoms with Crippen LogP contribution < -0.4 is 20.9 Å². The summed E-state index contributed by atoms with van der Waals surface area (Å²) >= 11 is 0. The van der Waals surface area contributed by atoms with Crippen LogP contribution in [0, 0.1) is 6.92 Å². The van der Waals surface area contributed by atoms with Crippen LogP contribution >= 0.6 is 0 Å². The fourth-order valence-corrected chi connectivity index (χ4v) is 5.36. The molecule has 8 nitrogen and oxygen atoms in total. The second-order valence-corrected chi connectivity index (χ2v) is 11.0. The van der Waals surface area contributed by atoms with Crippen molar-refractivity contribution in [2.45, 2.75) is 6.92 Å². The third kappa shape index (κ3) is 6.19. The Morgan fingerprint density at radius 2 is 1.51 bits per heavy atom. The van der Waals surface area contributed by atoms with Gasteiger partial charge in [0.25, 0.3) is 11.8 Å². The van der Waals surface area contributed by atoms with E-state index < -0.39 is 0 Å². The van der Waals surface area contributed by atoms with Crippen molar-refractivity contribution in [1.82, 2.24) is 4.90 Å². The van der Waals surface area contributed by atoms with E-state index in [4.69, 9.17) is 0 Å². The van der Waals surface area contributed by atoms with E-state index in [1.807, 2.05) is 37.3 Å². The lowest BCUT2D eigenvalue weighted by molar-refractivity contribution is -0.110. The highest BCUT2D eigenvalue weighted by atomic mass is 16.2. The Balaban J connectivity index is 1.14. The largest absolute Gasteiger partial charge is 0.369 e. The zero-order valence-electron chi connectivity index (χ0n) is 24.2. The third-order valence-electron chi connectivity index (χ3n) is 7.85. The van der Waals surface area contributed by atoms with Crippen molar-refractivity contribution in [3.8, 4) is 0 Å². The molecule has 4 aromatic rings. The second-order valence-electron chi connectivity index (χ2n) is 11.0. The van der Waals surface area contributed by atoms with Crippen LogP contribution in [0.4, 0.5) is 22.7 Å². The van der Waals surface area contributed by atoms with Gasteiger partial charge in [0.05, 0.1) is 5.57 Å². The van der Waals surface area contributed by atoms with Crippen molar-refractivity contribution in [3.63, 3.8) is 0 Å². The van der Waals surface area contributed by atoms with Crippen molar-refractivity contribution >= 4 is 45.9 Å². The normalized spacial score (nSPS) is 15.6. The van der Waals surface area contributed by atoms with E-state index in [0.29, 0.717) is 33.6 Å². The topological polar surface area (TPSA) is 93.8 Å². The molecule has 3 N–H and O–H groups in total. The highest BCUT2D eigenvalue weighted by molar-refractivity contribution is 6.32. The molecule has 2 heterocycles. The first-order valence-corrected chi connectivity index (χ1v) is 14.3. The van der Waals surface area contributed by atoms with E-state index in [2.05, 4.69) is 44.9 Å². The quantitative estimate of drug-likeness (QED) is 0.197. The maximum absolute atomic E-state index is 13.4. The van der Waals surface area contributed by atoms with E-state index >= 15 is 0 Å². The standard InChI is InChI=1S/C35H33N5O3/c1-23-5-3-7-26(19-23)34(42)37-28-8-4-6-24(20-28)33(41)25-9-14-30-31(35(43)38-32(30)21-25)22-36-27-10-12-29(13-11-27)40-17-15-39(2)16-18-40/h3-14,19-22,36H,15-18H2,1-2H3,(H,37,42)(H,38,43). The van der Waals surface area contributed by atoms with Crippen LogP contribution in [0.15, 0.2) is 97.2 Å². The molecule has 2 aliphatic rings. The number of ketones is 1. The second kappa shape index (κ2) is 12.0. The van der Waals surface area contributed by atoms with Crippen LogP contribution in [-0.4, -0.2) is 55.7 Å². The molecule has 8 heteroatoms. The molecule has 1 fully saturated rings. The number of rotatable bonds is 7. The molecule has 0 bridgehead atoms. The Morgan fingerprint density at radius 3 is 2.28 bits per heavy atom. The summed E-state index contributed by atoms with van der Waals surface area (Å²) in [5.74, 6) is -0.686. The molecule has 0 radical (unpaired) electrons. The Morgan fingerprint density at radius 1 is 0.791 bits per heavy atom. The molecule has 6 rings (SSSR count). The van der Waals surface area contributed by atoms with Crippen LogP contribution in [-0.2, 0) is 4.79 Å². The molecule has 0 atom stereocenters. The molecule has 0 aromatic heterocycles. The first-order chi connectivity index (χ1) is 20.8. The monoisotopic (exact) mass is 571 g/mol. The van der Waals surface area contributed by atoms with Crippen LogP contribution in [0.1, 0.15) is 37.4 Å². The minimum absolute atomic E-state index is 0.209. The molecular weight excluding hydrogens is 538 g/mol. The van der Waals surface area contributed by atoms with Crippen LogP contribution in [0.3, 0.4) is 0 Å². The van der Waals surface area contributed by atoms with Crippen LogP contribution in [0.5, 0.6) is 0 Å². The molecule has 0 spiro atoms. The van der Waals surface area contributed by atoms with Crippen molar-refractivity contribution in [2.24, 2.45) is 0 Å². The number of hydrogen-bond acceptors (Lipinski definition) is 6. The highest BCUT2D eigenvalue weighted by Gasteiger charge is 2.25. The molecular formula is C35H33N5O3. The number of hydrogen-bond donors (Lipinski definition) is 3. The summed E-state index contributed by atoms with van der Waals surface area (Å²) in [6.07, 6.45) is 1.70. The number of piperazine rings is 1. The highest BCUT2D eigenvalue weighted by Crippen LogP contribution is 2.33. The summed E-state index contributed by atoms with van der Waals surface area (Å²) in [6, 6.07) is 27.6. The molecule has 0 unspecified atom stereocenters. The molecule has 2 aliphatic heterocycles. The average Bonchev–Trinajstić information content (AvgIpc) is 3.34. The first kappa shape index (κ1) is 27.9. The smallest absolute Gasteiger partial charge is 0.257 e. The molecule has 0 saturated carbocycles. The number of anilines is 4.